The summed E-state index contributed by atoms with van der Waals surface area (Å²) in [5.41, 5.74) is 0.530. The zero-order valence-electron chi connectivity index (χ0n) is 15.2. The average molecular weight is 414 g/mol. The third-order valence-corrected chi connectivity index (χ3v) is 7.67. The molecule has 29 heavy (non-hydrogen) atoms. The van der Waals surface area contributed by atoms with Crippen molar-refractivity contribution in [2.45, 2.75) is 18.0 Å². The third kappa shape index (κ3) is 2.43. The molecule has 4 nitrogen and oxygen atoms in total. The first-order chi connectivity index (χ1) is 14.2. The highest BCUT2D eigenvalue weighted by atomic mass is 32.1. The molecule has 0 unspecified atom stereocenters. The molecule has 4 heterocycles. The van der Waals surface area contributed by atoms with Crippen LogP contribution in [0.15, 0.2) is 65.5 Å². The number of hydrogen-bond donors (Lipinski definition) is 0. The number of thiophene rings is 2. The van der Waals surface area contributed by atoms with Gasteiger partial charge in [0, 0.05) is 11.1 Å². The monoisotopic (exact) mass is 413 g/mol. The molecule has 0 N–H and O–H groups in total. The molecule has 2 aliphatic rings. The summed E-state index contributed by atoms with van der Waals surface area (Å²) in [6.07, 6.45) is 3.86. The number of benzene rings is 1. The second-order valence-corrected chi connectivity index (χ2v) is 9.09. The number of carbonyl (C=O) groups is 1. The fourth-order valence-electron chi connectivity index (χ4n) is 4.64. The minimum atomic E-state index is -1.37. The van der Waals surface area contributed by atoms with Crippen molar-refractivity contribution in [3.05, 3.63) is 86.4 Å². The minimum Gasteiger partial charge on any atom is -0.357 e. The second-order valence-electron chi connectivity index (χ2n) is 7.17. The summed E-state index contributed by atoms with van der Waals surface area (Å²) in [6, 6.07) is 18.9. The quantitative estimate of drug-likeness (QED) is 0.552. The van der Waals surface area contributed by atoms with Gasteiger partial charge in [0.15, 0.2) is 11.2 Å². The molecule has 1 aromatic carbocycles. The van der Waals surface area contributed by atoms with E-state index in [9.17, 15) is 15.3 Å². The van der Waals surface area contributed by atoms with Crippen LogP contribution in [0.25, 0.3) is 6.08 Å². The van der Waals surface area contributed by atoms with E-state index >= 15 is 0 Å². The van der Waals surface area contributed by atoms with Gasteiger partial charge in [0.1, 0.15) is 6.04 Å². The lowest BCUT2D eigenvalue weighted by Crippen LogP contribution is -2.37. The fourth-order valence-corrected chi connectivity index (χ4v) is 6.27. The summed E-state index contributed by atoms with van der Waals surface area (Å²) in [7, 11) is 0. The van der Waals surface area contributed by atoms with Crippen molar-refractivity contribution in [1.29, 1.82) is 10.5 Å². The Balaban J connectivity index is 1.78. The van der Waals surface area contributed by atoms with Gasteiger partial charge in [-0.2, -0.15) is 10.5 Å². The van der Waals surface area contributed by atoms with Gasteiger partial charge in [0.05, 0.1) is 29.0 Å². The normalized spacial score (nSPS) is 23.7. The van der Waals surface area contributed by atoms with Gasteiger partial charge in [0.25, 0.3) is 0 Å². The second kappa shape index (κ2) is 6.70. The molecule has 0 bridgehead atoms. The van der Waals surface area contributed by atoms with Gasteiger partial charge in [-0.15, -0.1) is 22.7 Å². The first-order valence-corrected chi connectivity index (χ1v) is 11.0. The minimum absolute atomic E-state index is 0.0418. The summed E-state index contributed by atoms with van der Waals surface area (Å²) >= 11 is 2.89. The summed E-state index contributed by atoms with van der Waals surface area (Å²) < 4.78 is 0. The topological polar surface area (TPSA) is 67.9 Å². The lowest BCUT2D eigenvalue weighted by molar-refractivity contribution is 0.0879. The molecule has 140 valence electrons. The Morgan fingerprint density at radius 1 is 1.00 bits per heavy atom. The van der Waals surface area contributed by atoms with E-state index in [-0.39, 0.29) is 5.78 Å². The molecule has 2 aromatic heterocycles. The molecule has 1 fully saturated rings. The first-order valence-electron chi connectivity index (χ1n) is 9.19. The van der Waals surface area contributed by atoms with Crippen LogP contribution in [0.1, 0.15) is 37.6 Å². The van der Waals surface area contributed by atoms with E-state index in [2.05, 4.69) is 12.1 Å². The molecular weight excluding hydrogens is 398 g/mol. The molecule has 1 saturated heterocycles. The highest BCUT2D eigenvalue weighted by Crippen LogP contribution is 2.60. The van der Waals surface area contributed by atoms with Gasteiger partial charge >= 0.3 is 0 Å². The van der Waals surface area contributed by atoms with E-state index < -0.39 is 23.4 Å². The first kappa shape index (κ1) is 17.9. The molecule has 0 aliphatic carbocycles. The SMILES string of the molecule is N#CC1(C#N)[C@@H]2c3ccccc3C=CN2[C@@H](C(=O)c2cccs2)[C@@H]1c1cccs1. The summed E-state index contributed by atoms with van der Waals surface area (Å²) in [5, 5.41) is 24.5. The Bertz CT molecular complexity index is 1170. The highest BCUT2D eigenvalue weighted by molar-refractivity contribution is 7.12. The van der Waals surface area contributed by atoms with E-state index in [4.69, 9.17) is 0 Å². The molecule has 0 amide bonds. The zero-order valence-corrected chi connectivity index (χ0v) is 16.9. The van der Waals surface area contributed by atoms with Crippen molar-refractivity contribution in [3.63, 3.8) is 0 Å². The molecule has 6 heteroatoms. The van der Waals surface area contributed by atoms with Gasteiger partial charge in [-0.25, -0.2) is 0 Å². The van der Waals surface area contributed by atoms with Crippen LogP contribution in [0.4, 0.5) is 0 Å². The molecule has 3 aromatic rings. The predicted octanol–water partition coefficient (Wildman–Crippen LogP) is 5.22. The van der Waals surface area contributed by atoms with E-state index in [1.54, 1.807) is 0 Å². The van der Waals surface area contributed by atoms with E-state index in [0.29, 0.717) is 4.88 Å². The van der Waals surface area contributed by atoms with Crippen molar-refractivity contribution in [2.75, 3.05) is 0 Å². The van der Waals surface area contributed by atoms with Crippen LogP contribution in [-0.2, 0) is 0 Å². The van der Waals surface area contributed by atoms with Gasteiger partial charge in [0.2, 0.25) is 0 Å². The molecule has 0 saturated carbocycles. The standard InChI is InChI=1S/C23H15N3OS2/c24-13-23(14-25)19(17-7-3-11-28-17)20(21(27)18-8-4-12-29-18)26-10-9-15-5-1-2-6-16(15)22(23)26/h1-12,19-20,22H/t19-,20+,22-/m0/s1. The molecule has 2 aliphatic heterocycles. The van der Waals surface area contributed by atoms with Crippen LogP contribution in [0.5, 0.6) is 0 Å². The number of Topliss-reactive ketones (excluding diaryl/α,β-unsaturated/α-hetero) is 1. The fraction of sp³-hybridized carbons (Fsp3) is 0.174. The van der Waals surface area contributed by atoms with E-state index in [1.165, 1.54) is 22.7 Å². The zero-order chi connectivity index (χ0) is 20.0. The van der Waals surface area contributed by atoms with Crippen molar-refractivity contribution in [2.24, 2.45) is 5.41 Å². The predicted molar refractivity (Wildman–Crippen MR) is 113 cm³/mol. The molecule has 5 rings (SSSR count). The lowest BCUT2D eigenvalue weighted by atomic mass is 9.69. The average Bonchev–Trinajstić information content (AvgIpc) is 3.52. The Hall–Kier alpha value is -3.19. The number of carbonyl (C=O) groups excluding carboxylic acids is 1. The van der Waals surface area contributed by atoms with Gasteiger partial charge < -0.3 is 4.90 Å². The van der Waals surface area contributed by atoms with Crippen LogP contribution in [0.3, 0.4) is 0 Å². The summed E-state index contributed by atoms with van der Waals surface area (Å²) in [4.78, 5) is 17.1. The largest absolute Gasteiger partial charge is 0.357 e. The smallest absolute Gasteiger partial charge is 0.195 e. The Kier molecular flexibility index (Phi) is 4.13. The van der Waals surface area contributed by atoms with Crippen LogP contribution in [-0.4, -0.2) is 16.7 Å². The van der Waals surface area contributed by atoms with E-state index in [1.807, 2.05) is 76.5 Å². The number of nitrogens with zero attached hydrogens (tertiary/aromatic N) is 3. The van der Waals surface area contributed by atoms with Crippen molar-refractivity contribution in [3.8, 4) is 12.1 Å². The highest BCUT2D eigenvalue weighted by Gasteiger charge is 2.64. The van der Waals surface area contributed by atoms with Crippen LogP contribution in [0, 0.1) is 28.1 Å². The maximum absolute atomic E-state index is 13.6. The summed E-state index contributed by atoms with van der Waals surface area (Å²) in [5.74, 6) is -0.576. The maximum atomic E-state index is 13.6. The number of ketones is 1. The molecule has 0 spiro atoms. The number of fused-ring (bicyclic) bond motifs is 3. The number of rotatable bonds is 3. The maximum Gasteiger partial charge on any atom is 0.195 e. The van der Waals surface area contributed by atoms with Crippen LogP contribution >= 0.6 is 22.7 Å². The van der Waals surface area contributed by atoms with Crippen molar-refractivity contribution >= 4 is 34.5 Å². The Morgan fingerprint density at radius 2 is 1.76 bits per heavy atom. The Labute approximate surface area is 176 Å². The van der Waals surface area contributed by atoms with Gasteiger partial charge in [-0.05, 0) is 40.1 Å². The van der Waals surface area contributed by atoms with Crippen molar-refractivity contribution < 1.29 is 4.79 Å². The third-order valence-electron chi connectivity index (χ3n) is 5.83. The van der Waals surface area contributed by atoms with Gasteiger partial charge in [-0.3, -0.25) is 4.79 Å². The Morgan fingerprint density at radius 3 is 2.45 bits per heavy atom. The lowest BCUT2D eigenvalue weighted by Gasteiger charge is -2.34. The van der Waals surface area contributed by atoms with Crippen LogP contribution < -0.4 is 0 Å². The summed E-state index contributed by atoms with van der Waals surface area (Å²) in [6.45, 7) is 0. The molecular formula is C23H15N3OS2. The van der Waals surface area contributed by atoms with Crippen LogP contribution in [0.2, 0.25) is 0 Å². The van der Waals surface area contributed by atoms with Gasteiger partial charge in [-0.1, -0.05) is 36.4 Å². The molecule has 0 radical (unpaired) electrons. The van der Waals surface area contributed by atoms with E-state index in [0.717, 1.165) is 16.0 Å². The number of hydrogen-bond acceptors (Lipinski definition) is 6. The van der Waals surface area contributed by atoms with Crippen molar-refractivity contribution in [1.82, 2.24) is 4.90 Å². The number of nitriles is 2. The molecule has 3 atom stereocenters.